The molecule has 1 heterocycles. The van der Waals surface area contributed by atoms with Gasteiger partial charge in [0.2, 0.25) is 0 Å². The molecule has 0 spiro atoms. The maximum Gasteiger partial charge on any atom is 0.122 e. The van der Waals surface area contributed by atoms with E-state index < -0.39 is 0 Å². The lowest BCUT2D eigenvalue weighted by Crippen LogP contribution is -2.14. The maximum absolute atomic E-state index is 5.66. The van der Waals surface area contributed by atoms with E-state index in [9.17, 15) is 0 Å². The van der Waals surface area contributed by atoms with Crippen LogP contribution in [0.15, 0.2) is 39.4 Å². The van der Waals surface area contributed by atoms with Crippen LogP contribution in [0.5, 0.6) is 0 Å². The van der Waals surface area contributed by atoms with Crippen LogP contribution in [0.2, 0.25) is 0 Å². The highest BCUT2D eigenvalue weighted by Gasteiger charge is 2.39. The number of hydrogen-bond donors (Lipinski definition) is 0. The Morgan fingerprint density at radius 2 is 1.93 bits per heavy atom. The largest absolute Gasteiger partial charge is 0.467 e. The number of hydrogen-bond acceptors (Lipinski definition) is 1. The minimum absolute atomic E-state index is 0.0159. The van der Waals surface area contributed by atoms with E-state index in [1.807, 2.05) is 0 Å². The van der Waals surface area contributed by atoms with E-state index in [4.69, 9.17) is 4.42 Å². The summed E-state index contributed by atoms with van der Waals surface area (Å²) in [6.45, 7) is 4.40. The van der Waals surface area contributed by atoms with E-state index in [2.05, 4.69) is 54.0 Å². The van der Waals surface area contributed by atoms with Gasteiger partial charge >= 0.3 is 0 Å². The highest BCUT2D eigenvalue weighted by atomic mass is 79.9. The Kier molecular flexibility index (Phi) is 1.70. The molecule has 0 bridgehead atoms. The first-order valence-corrected chi connectivity index (χ1v) is 5.79. The highest BCUT2D eigenvalue weighted by Crippen LogP contribution is 2.51. The molecule has 0 N–H and O–H groups in total. The van der Waals surface area contributed by atoms with Crippen LogP contribution in [-0.4, -0.2) is 0 Å². The van der Waals surface area contributed by atoms with E-state index in [-0.39, 0.29) is 5.41 Å². The van der Waals surface area contributed by atoms with E-state index >= 15 is 0 Å². The molecule has 0 aliphatic heterocycles. The smallest absolute Gasteiger partial charge is 0.122 e. The van der Waals surface area contributed by atoms with Crippen LogP contribution in [0.3, 0.4) is 0 Å². The maximum atomic E-state index is 5.66. The zero-order valence-electron chi connectivity index (χ0n) is 8.67. The zero-order chi connectivity index (χ0) is 10.6. The highest BCUT2D eigenvalue weighted by molar-refractivity contribution is 9.10. The average molecular weight is 263 g/mol. The van der Waals surface area contributed by atoms with Crippen molar-refractivity contribution < 1.29 is 4.42 Å². The molecule has 0 atom stereocenters. The topological polar surface area (TPSA) is 13.1 Å². The van der Waals surface area contributed by atoms with Crippen LogP contribution in [0.1, 0.15) is 25.2 Å². The third kappa shape index (κ3) is 1.03. The van der Waals surface area contributed by atoms with Crippen molar-refractivity contribution in [2.45, 2.75) is 19.3 Å². The molecule has 0 unspecified atom stereocenters. The number of benzene rings is 1. The summed E-state index contributed by atoms with van der Waals surface area (Å²) in [5, 5.41) is 0. The van der Waals surface area contributed by atoms with Gasteiger partial charge in [-0.2, -0.15) is 0 Å². The average Bonchev–Trinajstić information content (AvgIpc) is 2.69. The fourth-order valence-electron chi connectivity index (χ4n) is 2.42. The molecule has 1 aliphatic carbocycles. The fourth-order valence-corrected chi connectivity index (χ4v) is 2.90. The van der Waals surface area contributed by atoms with Crippen molar-refractivity contribution in [1.29, 1.82) is 0 Å². The molecule has 3 rings (SSSR count). The predicted molar refractivity (Wildman–Crippen MR) is 64.0 cm³/mol. The molecule has 0 fully saturated rings. The van der Waals surface area contributed by atoms with Gasteiger partial charge in [0, 0.05) is 11.0 Å². The normalized spacial score (nSPS) is 16.2. The second kappa shape index (κ2) is 2.76. The lowest BCUT2D eigenvalue weighted by Gasteiger charge is -2.18. The van der Waals surface area contributed by atoms with Crippen LogP contribution in [-0.2, 0) is 5.41 Å². The molecule has 0 saturated heterocycles. The molecule has 1 aromatic carbocycles. The van der Waals surface area contributed by atoms with Gasteiger partial charge in [-0.25, -0.2) is 0 Å². The molecule has 0 amide bonds. The number of halogens is 1. The lowest BCUT2D eigenvalue weighted by atomic mass is 9.86. The molecule has 0 saturated carbocycles. The van der Waals surface area contributed by atoms with Gasteiger partial charge in [0.25, 0.3) is 0 Å². The van der Waals surface area contributed by atoms with Crippen LogP contribution in [0.4, 0.5) is 0 Å². The van der Waals surface area contributed by atoms with Crippen molar-refractivity contribution >= 4 is 15.9 Å². The summed E-state index contributed by atoms with van der Waals surface area (Å²) >= 11 is 3.55. The van der Waals surface area contributed by atoms with Gasteiger partial charge < -0.3 is 4.42 Å². The third-order valence-electron chi connectivity index (χ3n) is 3.18. The summed E-state index contributed by atoms with van der Waals surface area (Å²) in [4.78, 5) is 0. The quantitative estimate of drug-likeness (QED) is 0.688. The summed E-state index contributed by atoms with van der Waals surface area (Å²) in [6, 6.07) is 8.49. The zero-order valence-corrected chi connectivity index (χ0v) is 10.3. The summed E-state index contributed by atoms with van der Waals surface area (Å²) in [5.41, 5.74) is 3.84. The summed E-state index contributed by atoms with van der Waals surface area (Å²) in [6.07, 6.45) is 1.78. The number of fused-ring (bicyclic) bond motifs is 3. The molecule has 1 aromatic heterocycles. The molecular weight excluding hydrogens is 252 g/mol. The van der Waals surface area contributed by atoms with Gasteiger partial charge in [0.15, 0.2) is 0 Å². The first-order chi connectivity index (χ1) is 7.12. The van der Waals surface area contributed by atoms with E-state index in [0.29, 0.717) is 0 Å². The standard InChI is InChI=1S/C13H11BrO/c1-13(2)9-6-4-3-5-8(9)11-10(14)7-15-12(11)13/h3-7H,1-2H3. The van der Waals surface area contributed by atoms with Gasteiger partial charge in [-0.15, -0.1) is 0 Å². The molecular formula is C13H11BrO. The van der Waals surface area contributed by atoms with Crippen molar-refractivity contribution in [1.82, 2.24) is 0 Å². The molecule has 2 aromatic rings. The van der Waals surface area contributed by atoms with Crippen LogP contribution >= 0.6 is 15.9 Å². The summed E-state index contributed by atoms with van der Waals surface area (Å²) in [7, 11) is 0. The Labute approximate surface area is 97.2 Å². The van der Waals surface area contributed by atoms with Crippen LogP contribution < -0.4 is 0 Å². The predicted octanol–water partition coefficient (Wildman–Crippen LogP) is 4.35. The monoisotopic (exact) mass is 262 g/mol. The van der Waals surface area contributed by atoms with Gasteiger partial charge in [0.05, 0.1) is 4.47 Å². The van der Waals surface area contributed by atoms with E-state index in [1.165, 1.54) is 16.7 Å². The second-order valence-electron chi connectivity index (χ2n) is 4.46. The SMILES string of the molecule is CC1(C)c2ccccc2-c2c(Br)coc21. The van der Waals surface area contributed by atoms with E-state index in [1.54, 1.807) is 6.26 Å². The van der Waals surface area contributed by atoms with Crippen LogP contribution in [0, 0.1) is 0 Å². The van der Waals surface area contributed by atoms with E-state index in [0.717, 1.165) is 10.2 Å². The lowest BCUT2D eigenvalue weighted by molar-refractivity contribution is 0.438. The fraction of sp³-hybridized carbons (Fsp3) is 0.231. The third-order valence-corrected chi connectivity index (χ3v) is 3.77. The summed E-state index contributed by atoms with van der Waals surface area (Å²) < 4.78 is 6.71. The Balaban J connectivity index is 2.44. The molecule has 1 aliphatic rings. The molecule has 1 nitrogen and oxygen atoms in total. The van der Waals surface area contributed by atoms with Crippen molar-refractivity contribution in [2.24, 2.45) is 0 Å². The molecule has 2 heteroatoms. The van der Waals surface area contributed by atoms with Crippen LogP contribution in [0.25, 0.3) is 11.1 Å². The number of rotatable bonds is 0. The van der Waals surface area contributed by atoms with Gasteiger partial charge in [0.1, 0.15) is 12.0 Å². The first-order valence-electron chi connectivity index (χ1n) is 4.99. The first kappa shape index (κ1) is 9.22. The molecule has 15 heavy (non-hydrogen) atoms. The summed E-state index contributed by atoms with van der Waals surface area (Å²) in [5.74, 6) is 1.07. The Bertz CT molecular complexity index is 537. The molecule has 76 valence electrons. The van der Waals surface area contributed by atoms with Crippen molar-refractivity contribution in [3.05, 3.63) is 46.3 Å². The Morgan fingerprint density at radius 1 is 1.20 bits per heavy atom. The van der Waals surface area contributed by atoms with Crippen molar-refractivity contribution in [2.75, 3.05) is 0 Å². The Hall–Kier alpha value is -1.02. The Morgan fingerprint density at radius 3 is 2.73 bits per heavy atom. The molecule has 0 radical (unpaired) electrons. The number of furan rings is 1. The minimum Gasteiger partial charge on any atom is -0.467 e. The minimum atomic E-state index is -0.0159. The van der Waals surface area contributed by atoms with Gasteiger partial charge in [-0.05, 0) is 40.9 Å². The van der Waals surface area contributed by atoms with Gasteiger partial charge in [-0.3, -0.25) is 0 Å². The van der Waals surface area contributed by atoms with Gasteiger partial charge in [-0.1, -0.05) is 24.3 Å². The second-order valence-corrected chi connectivity index (χ2v) is 5.31. The van der Waals surface area contributed by atoms with Crippen molar-refractivity contribution in [3.8, 4) is 11.1 Å². The van der Waals surface area contributed by atoms with Crippen molar-refractivity contribution in [3.63, 3.8) is 0 Å².